The fourth-order valence-corrected chi connectivity index (χ4v) is 2.55. The van der Waals surface area contributed by atoms with Gasteiger partial charge in [-0.15, -0.1) is 0 Å². The Labute approximate surface area is 122 Å². The van der Waals surface area contributed by atoms with Crippen LogP contribution in [0.2, 0.25) is 0 Å². The van der Waals surface area contributed by atoms with Crippen LogP contribution in [0.5, 0.6) is 0 Å². The molecule has 1 atom stereocenters. The van der Waals surface area contributed by atoms with Crippen LogP contribution >= 0.6 is 0 Å². The van der Waals surface area contributed by atoms with Gasteiger partial charge in [0.1, 0.15) is 0 Å². The molecule has 1 saturated heterocycles. The van der Waals surface area contributed by atoms with Gasteiger partial charge in [-0.1, -0.05) is 19.9 Å². The number of hydrogen-bond acceptors (Lipinski definition) is 4. The maximum atomic E-state index is 5.46. The van der Waals surface area contributed by atoms with Crippen LogP contribution in [0.4, 0.5) is 0 Å². The summed E-state index contributed by atoms with van der Waals surface area (Å²) in [6, 6.07) is 4.83. The average Bonchev–Trinajstić information content (AvgIpc) is 2.47. The van der Waals surface area contributed by atoms with Gasteiger partial charge in [0.15, 0.2) is 0 Å². The number of hydrogen-bond donors (Lipinski definition) is 1. The fourth-order valence-electron chi connectivity index (χ4n) is 2.55. The molecule has 1 N–H and O–H groups in total. The Morgan fingerprint density at radius 1 is 1.45 bits per heavy atom. The van der Waals surface area contributed by atoms with Crippen molar-refractivity contribution in [2.75, 3.05) is 20.2 Å². The van der Waals surface area contributed by atoms with Crippen LogP contribution in [-0.4, -0.2) is 42.2 Å². The summed E-state index contributed by atoms with van der Waals surface area (Å²) in [7, 11) is 1.81. The second-order valence-electron chi connectivity index (χ2n) is 5.93. The topological polar surface area (TPSA) is 37.4 Å². The van der Waals surface area contributed by atoms with E-state index in [0.717, 1.165) is 31.9 Å². The Bertz CT molecular complexity index is 391. The highest BCUT2D eigenvalue weighted by Crippen LogP contribution is 2.14. The van der Waals surface area contributed by atoms with Crippen LogP contribution in [0, 0.1) is 0 Å². The molecule has 2 rings (SSSR count). The molecule has 1 fully saturated rings. The van der Waals surface area contributed by atoms with Gasteiger partial charge >= 0.3 is 0 Å². The van der Waals surface area contributed by atoms with Gasteiger partial charge in [-0.3, -0.25) is 9.88 Å². The van der Waals surface area contributed by atoms with Gasteiger partial charge < -0.3 is 10.1 Å². The van der Waals surface area contributed by atoms with E-state index in [2.05, 4.69) is 41.2 Å². The molecule has 4 nitrogen and oxygen atoms in total. The molecule has 2 heterocycles. The fraction of sp³-hybridized carbons (Fsp3) is 0.688. The van der Waals surface area contributed by atoms with Gasteiger partial charge in [-0.25, -0.2) is 0 Å². The predicted molar refractivity (Wildman–Crippen MR) is 81.5 cm³/mol. The van der Waals surface area contributed by atoms with Gasteiger partial charge in [0, 0.05) is 39.0 Å². The molecule has 0 radical (unpaired) electrons. The van der Waals surface area contributed by atoms with E-state index >= 15 is 0 Å². The molecule has 0 bridgehead atoms. The molecule has 1 aliphatic heterocycles. The van der Waals surface area contributed by atoms with Crippen molar-refractivity contribution in [2.45, 2.75) is 51.9 Å². The Balaban J connectivity index is 1.83. The van der Waals surface area contributed by atoms with Gasteiger partial charge in [0.05, 0.1) is 11.8 Å². The lowest BCUT2D eigenvalue weighted by atomic mass is 10.1. The molecule has 0 spiro atoms. The molecule has 0 aliphatic carbocycles. The van der Waals surface area contributed by atoms with Crippen molar-refractivity contribution < 1.29 is 4.74 Å². The summed E-state index contributed by atoms with van der Waals surface area (Å²) in [6.07, 6.45) is 4.77. The third kappa shape index (κ3) is 4.85. The average molecular weight is 277 g/mol. The molecular formula is C16H27N3O. The van der Waals surface area contributed by atoms with E-state index < -0.39 is 0 Å². The molecule has 112 valence electrons. The first-order chi connectivity index (χ1) is 9.67. The van der Waals surface area contributed by atoms with Crippen LogP contribution < -0.4 is 5.32 Å². The molecule has 0 saturated carbocycles. The first-order valence-corrected chi connectivity index (χ1v) is 7.59. The quantitative estimate of drug-likeness (QED) is 0.865. The molecule has 20 heavy (non-hydrogen) atoms. The lowest BCUT2D eigenvalue weighted by molar-refractivity contribution is 0.0281. The van der Waals surface area contributed by atoms with E-state index in [1.54, 1.807) is 0 Å². The maximum Gasteiger partial charge on any atom is 0.0698 e. The van der Waals surface area contributed by atoms with E-state index in [9.17, 15) is 0 Å². The first kappa shape index (κ1) is 15.4. The van der Waals surface area contributed by atoms with Crippen molar-refractivity contribution in [3.8, 4) is 0 Å². The summed E-state index contributed by atoms with van der Waals surface area (Å²) >= 11 is 0. The Morgan fingerprint density at radius 2 is 2.30 bits per heavy atom. The summed E-state index contributed by atoms with van der Waals surface area (Å²) in [4.78, 5) is 7.02. The van der Waals surface area contributed by atoms with Crippen molar-refractivity contribution in [2.24, 2.45) is 0 Å². The van der Waals surface area contributed by atoms with Crippen LogP contribution in [0.25, 0.3) is 0 Å². The predicted octanol–water partition coefficient (Wildman–Crippen LogP) is 2.19. The molecular weight excluding hydrogens is 250 g/mol. The second kappa shape index (κ2) is 7.72. The summed E-state index contributed by atoms with van der Waals surface area (Å²) in [5.74, 6) is 0. The number of rotatable bonds is 6. The van der Waals surface area contributed by atoms with E-state index in [0.29, 0.717) is 12.1 Å². The highest BCUT2D eigenvalue weighted by Gasteiger charge is 2.19. The first-order valence-electron chi connectivity index (χ1n) is 7.59. The van der Waals surface area contributed by atoms with Crippen LogP contribution in [0.3, 0.4) is 0 Å². The number of nitrogens with one attached hydrogen (secondary N) is 1. The summed E-state index contributed by atoms with van der Waals surface area (Å²) in [5.41, 5.74) is 2.39. The van der Waals surface area contributed by atoms with Crippen molar-refractivity contribution >= 4 is 0 Å². The van der Waals surface area contributed by atoms with E-state index in [-0.39, 0.29) is 0 Å². The number of methoxy groups -OCH3 is 1. The second-order valence-corrected chi connectivity index (χ2v) is 5.93. The Kier molecular flexibility index (Phi) is 5.95. The molecule has 1 aromatic heterocycles. The summed E-state index contributed by atoms with van der Waals surface area (Å²) in [5, 5.41) is 3.41. The zero-order valence-electron chi connectivity index (χ0n) is 12.9. The molecule has 0 amide bonds. The van der Waals surface area contributed by atoms with Crippen LogP contribution in [-0.2, 0) is 17.8 Å². The molecule has 1 aromatic rings. The van der Waals surface area contributed by atoms with Gasteiger partial charge in [0.25, 0.3) is 0 Å². The van der Waals surface area contributed by atoms with Crippen LogP contribution in [0.15, 0.2) is 18.3 Å². The highest BCUT2D eigenvalue weighted by molar-refractivity contribution is 5.14. The zero-order chi connectivity index (χ0) is 14.4. The number of nitrogens with zero attached hydrogens (tertiary/aromatic N) is 2. The lowest BCUT2D eigenvalue weighted by Gasteiger charge is -2.31. The Morgan fingerprint density at radius 3 is 2.95 bits per heavy atom. The minimum atomic E-state index is 0.387. The normalized spacial score (nSPS) is 20.5. The number of ether oxygens (including phenoxy) is 1. The van der Waals surface area contributed by atoms with Crippen molar-refractivity contribution in [1.29, 1.82) is 0 Å². The Hall–Kier alpha value is -0.970. The standard InChI is InChI=1S/C16H27N3O/c1-13(2)17-9-14-6-7-15(18-10-14)11-19-8-4-5-16(12-19)20-3/h6-7,10,13,16-17H,4-5,8-9,11-12H2,1-3H3. The van der Waals surface area contributed by atoms with Crippen molar-refractivity contribution in [1.82, 2.24) is 15.2 Å². The minimum Gasteiger partial charge on any atom is -0.380 e. The van der Waals surface area contributed by atoms with Gasteiger partial charge in [-0.05, 0) is 31.0 Å². The van der Waals surface area contributed by atoms with Gasteiger partial charge in [0.2, 0.25) is 0 Å². The number of piperidine rings is 1. The molecule has 4 heteroatoms. The van der Waals surface area contributed by atoms with E-state index in [1.165, 1.54) is 18.4 Å². The van der Waals surface area contributed by atoms with Crippen LogP contribution in [0.1, 0.15) is 37.9 Å². The number of pyridine rings is 1. The SMILES string of the molecule is COC1CCCN(Cc2ccc(CNC(C)C)cn2)C1. The zero-order valence-corrected chi connectivity index (χ0v) is 12.9. The summed E-state index contributed by atoms with van der Waals surface area (Å²) < 4.78 is 5.46. The van der Waals surface area contributed by atoms with Gasteiger partial charge in [-0.2, -0.15) is 0 Å². The largest absolute Gasteiger partial charge is 0.380 e. The molecule has 1 unspecified atom stereocenters. The van der Waals surface area contributed by atoms with Crippen molar-refractivity contribution in [3.63, 3.8) is 0 Å². The third-order valence-corrected chi connectivity index (χ3v) is 3.78. The van der Waals surface area contributed by atoms with E-state index in [1.807, 2.05) is 13.3 Å². The van der Waals surface area contributed by atoms with E-state index in [4.69, 9.17) is 4.74 Å². The smallest absolute Gasteiger partial charge is 0.0698 e. The molecule has 0 aromatic carbocycles. The third-order valence-electron chi connectivity index (χ3n) is 3.78. The number of likely N-dealkylation sites (tertiary alicyclic amines) is 1. The highest BCUT2D eigenvalue weighted by atomic mass is 16.5. The summed E-state index contributed by atoms with van der Waals surface area (Å²) in [6.45, 7) is 8.31. The lowest BCUT2D eigenvalue weighted by Crippen LogP contribution is -2.38. The maximum absolute atomic E-state index is 5.46. The monoisotopic (exact) mass is 277 g/mol. The minimum absolute atomic E-state index is 0.387. The van der Waals surface area contributed by atoms with Crippen molar-refractivity contribution in [3.05, 3.63) is 29.6 Å². The molecule has 1 aliphatic rings. The number of aromatic nitrogens is 1.